The second-order valence-electron chi connectivity index (χ2n) is 8.20. The van der Waals surface area contributed by atoms with Crippen LogP contribution in [0.5, 0.6) is 0 Å². The van der Waals surface area contributed by atoms with Gasteiger partial charge in [-0.25, -0.2) is 0 Å². The van der Waals surface area contributed by atoms with Crippen molar-refractivity contribution in [3.63, 3.8) is 0 Å². The normalized spacial score (nSPS) is 26.9. The molecule has 5 heteroatoms. The van der Waals surface area contributed by atoms with Gasteiger partial charge in [0.05, 0.1) is 19.8 Å². The molecular formula is C22H33N3O2. The molecule has 3 aliphatic heterocycles. The molecule has 4 rings (SSSR count). The summed E-state index contributed by atoms with van der Waals surface area (Å²) in [7, 11) is 0. The molecule has 1 amide bonds. The molecular weight excluding hydrogens is 338 g/mol. The lowest BCUT2D eigenvalue weighted by Crippen LogP contribution is -2.47. The zero-order valence-corrected chi connectivity index (χ0v) is 16.6. The molecule has 1 aromatic carbocycles. The minimum absolute atomic E-state index is 0.271. The molecule has 3 aliphatic rings. The first-order valence-electron chi connectivity index (χ1n) is 10.7. The lowest BCUT2D eigenvalue weighted by molar-refractivity contribution is -0.120. The fourth-order valence-electron chi connectivity index (χ4n) is 4.97. The van der Waals surface area contributed by atoms with E-state index in [9.17, 15) is 4.79 Å². The van der Waals surface area contributed by atoms with Crippen molar-refractivity contribution in [2.24, 2.45) is 0 Å². The molecule has 0 bridgehead atoms. The summed E-state index contributed by atoms with van der Waals surface area (Å²) >= 11 is 0. The van der Waals surface area contributed by atoms with Crippen LogP contribution < -0.4 is 4.90 Å². The number of para-hydroxylation sites is 1. The molecule has 3 heterocycles. The first kappa shape index (κ1) is 18.9. The van der Waals surface area contributed by atoms with Gasteiger partial charge < -0.3 is 9.64 Å². The molecule has 2 atom stereocenters. The van der Waals surface area contributed by atoms with E-state index in [2.05, 4.69) is 45.9 Å². The van der Waals surface area contributed by atoms with Crippen LogP contribution in [-0.4, -0.2) is 74.2 Å². The quantitative estimate of drug-likeness (QED) is 0.797. The molecule has 5 nitrogen and oxygen atoms in total. The second kappa shape index (κ2) is 8.72. The Morgan fingerprint density at radius 1 is 1.15 bits per heavy atom. The summed E-state index contributed by atoms with van der Waals surface area (Å²) in [6.07, 6.45) is 4.90. The van der Waals surface area contributed by atoms with Crippen LogP contribution in [-0.2, 0) is 9.53 Å². The first-order valence-corrected chi connectivity index (χ1v) is 10.7. The third kappa shape index (κ3) is 4.20. The Bertz CT molecular complexity index is 644. The highest BCUT2D eigenvalue weighted by Crippen LogP contribution is 2.37. The van der Waals surface area contributed by atoms with Crippen molar-refractivity contribution in [1.29, 1.82) is 0 Å². The van der Waals surface area contributed by atoms with Gasteiger partial charge in [-0.1, -0.05) is 31.5 Å². The number of likely N-dealkylation sites (tertiary alicyclic amines) is 1. The molecule has 1 aromatic rings. The Kier molecular flexibility index (Phi) is 6.11. The molecule has 2 fully saturated rings. The van der Waals surface area contributed by atoms with Crippen LogP contribution in [0.25, 0.3) is 0 Å². The van der Waals surface area contributed by atoms with E-state index < -0.39 is 0 Å². The first-order chi connectivity index (χ1) is 13.3. The van der Waals surface area contributed by atoms with E-state index in [1.54, 1.807) is 0 Å². The Labute approximate surface area is 163 Å². The third-order valence-electron chi connectivity index (χ3n) is 6.51. The summed E-state index contributed by atoms with van der Waals surface area (Å²) in [6, 6.07) is 9.08. The minimum atomic E-state index is 0.271. The van der Waals surface area contributed by atoms with Gasteiger partial charge in [0, 0.05) is 43.8 Å². The van der Waals surface area contributed by atoms with Crippen molar-refractivity contribution in [2.75, 3.05) is 57.4 Å². The summed E-state index contributed by atoms with van der Waals surface area (Å²) in [4.78, 5) is 20.2. The number of piperidine rings is 1. The van der Waals surface area contributed by atoms with E-state index in [0.29, 0.717) is 18.5 Å². The molecule has 0 N–H and O–H groups in total. The van der Waals surface area contributed by atoms with Crippen molar-refractivity contribution in [2.45, 2.75) is 44.6 Å². The summed E-state index contributed by atoms with van der Waals surface area (Å²) in [5.41, 5.74) is 2.47. The molecule has 0 spiro atoms. The zero-order valence-electron chi connectivity index (χ0n) is 16.6. The molecule has 148 valence electrons. The number of benzene rings is 1. The van der Waals surface area contributed by atoms with Crippen molar-refractivity contribution in [3.8, 4) is 0 Å². The fourth-order valence-corrected chi connectivity index (χ4v) is 4.97. The van der Waals surface area contributed by atoms with E-state index in [1.165, 1.54) is 24.8 Å². The summed E-state index contributed by atoms with van der Waals surface area (Å²) < 4.78 is 5.49. The fraction of sp³-hybridized carbons (Fsp3) is 0.682. The standard InChI is InChI=1S/C22H33N3O2/c1-2-19-7-5-6-10-24(19)17-22(26)25-16-18(15-23-11-13-27-14-12-23)20-8-3-4-9-21(20)25/h3-4,8-9,18-19H,2,5-7,10-17H2,1H3/t18-,19-/m1/s1. The number of hydrogen-bond donors (Lipinski definition) is 0. The number of ether oxygens (including phenoxy) is 1. The number of carbonyl (C=O) groups is 1. The highest BCUT2D eigenvalue weighted by molar-refractivity contribution is 5.97. The smallest absolute Gasteiger partial charge is 0.241 e. The van der Waals surface area contributed by atoms with Crippen LogP contribution in [0.1, 0.15) is 44.1 Å². The number of carbonyl (C=O) groups excluding carboxylic acids is 1. The Hall–Kier alpha value is -1.43. The molecule has 2 saturated heterocycles. The SMILES string of the molecule is CC[C@@H]1CCCCN1CC(=O)N1C[C@@H](CN2CCOCC2)c2ccccc21. The molecule has 0 unspecified atom stereocenters. The molecule has 0 aromatic heterocycles. The number of nitrogens with zero attached hydrogens (tertiary/aromatic N) is 3. The van der Waals surface area contributed by atoms with Crippen LogP contribution in [0.15, 0.2) is 24.3 Å². The van der Waals surface area contributed by atoms with Gasteiger partial charge in [0.1, 0.15) is 0 Å². The number of rotatable bonds is 5. The van der Waals surface area contributed by atoms with Crippen LogP contribution in [0.3, 0.4) is 0 Å². The second-order valence-corrected chi connectivity index (χ2v) is 8.20. The van der Waals surface area contributed by atoms with E-state index >= 15 is 0 Å². The molecule has 27 heavy (non-hydrogen) atoms. The zero-order chi connectivity index (χ0) is 18.6. The van der Waals surface area contributed by atoms with Gasteiger partial charge >= 0.3 is 0 Å². The molecule has 0 aliphatic carbocycles. The van der Waals surface area contributed by atoms with E-state index in [4.69, 9.17) is 4.74 Å². The number of morpholine rings is 1. The Balaban J connectivity index is 1.45. The van der Waals surface area contributed by atoms with Gasteiger partial charge in [-0.3, -0.25) is 14.6 Å². The maximum absolute atomic E-state index is 13.2. The van der Waals surface area contributed by atoms with Gasteiger partial charge in [-0.2, -0.15) is 0 Å². The maximum Gasteiger partial charge on any atom is 0.241 e. The number of amides is 1. The van der Waals surface area contributed by atoms with Gasteiger partial charge in [0.15, 0.2) is 0 Å². The summed E-state index contributed by atoms with van der Waals surface area (Å²) in [5, 5.41) is 0. The average Bonchev–Trinajstić information content (AvgIpc) is 3.08. The Morgan fingerprint density at radius 3 is 2.78 bits per heavy atom. The predicted molar refractivity (Wildman–Crippen MR) is 108 cm³/mol. The van der Waals surface area contributed by atoms with Crippen LogP contribution in [0.2, 0.25) is 0 Å². The summed E-state index contributed by atoms with van der Waals surface area (Å²) in [6.45, 7) is 9.36. The highest BCUT2D eigenvalue weighted by atomic mass is 16.5. The van der Waals surface area contributed by atoms with E-state index in [-0.39, 0.29) is 5.91 Å². The lowest BCUT2D eigenvalue weighted by atomic mass is 10.00. The summed E-state index contributed by atoms with van der Waals surface area (Å²) in [5.74, 6) is 0.679. The number of hydrogen-bond acceptors (Lipinski definition) is 4. The number of anilines is 1. The number of fused-ring (bicyclic) bond motifs is 1. The van der Waals surface area contributed by atoms with E-state index in [0.717, 1.165) is 58.0 Å². The van der Waals surface area contributed by atoms with Crippen molar-refractivity contribution < 1.29 is 9.53 Å². The van der Waals surface area contributed by atoms with Crippen LogP contribution >= 0.6 is 0 Å². The van der Waals surface area contributed by atoms with Crippen molar-refractivity contribution in [3.05, 3.63) is 29.8 Å². The van der Waals surface area contributed by atoms with Gasteiger partial charge in [0.2, 0.25) is 5.91 Å². The monoisotopic (exact) mass is 371 g/mol. The third-order valence-corrected chi connectivity index (χ3v) is 6.51. The van der Waals surface area contributed by atoms with Gasteiger partial charge in [0.25, 0.3) is 0 Å². The lowest BCUT2D eigenvalue weighted by Gasteiger charge is -2.35. The van der Waals surface area contributed by atoms with Gasteiger partial charge in [-0.05, 0) is 37.4 Å². The average molecular weight is 372 g/mol. The topological polar surface area (TPSA) is 36.0 Å². The Morgan fingerprint density at radius 2 is 1.96 bits per heavy atom. The largest absolute Gasteiger partial charge is 0.379 e. The van der Waals surface area contributed by atoms with Gasteiger partial charge in [-0.15, -0.1) is 0 Å². The highest BCUT2D eigenvalue weighted by Gasteiger charge is 2.34. The van der Waals surface area contributed by atoms with Crippen LogP contribution in [0, 0.1) is 0 Å². The van der Waals surface area contributed by atoms with Crippen molar-refractivity contribution >= 4 is 11.6 Å². The molecule has 0 radical (unpaired) electrons. The predicted octanol–water partition coefficient (Wildman–Crippen LogP) is 2.71. The van der Waals surface area contributed by atoms with Crippen molar-refractivity contribution in [1.82, 2.24) is 9.80 Å². The van der Waals surface area contributed by atoms with E-state index in [1.807, 2.05) is 0 Å². The van der Waals surface area contributed by atoms with Crippen LogP contribution in [0.4, 0.5) is 5.69 Å². The molecule has 0 saturated carbocycles. The minimum Gasteiger partial charge on any atom is -0.379 e. The maximum atomic E-state index is 13.2.